The van der Waals surface area contributed by atoms with E-state index in [1.165, 1.54) is 0 Å². The van der Waals surface area contributed by atoms with Gasteiger partial charge >= 0.3 is 0 Å². The lowest BCUT2D eigenvalue weighted by Gasteiger charge is -2.20. The number of anilines is 1. The van der Waals surface area contributed by atoms with Crippen LogP contribution in [0.25, 0.3) is 0 Å². The Morgan fingerprint density at radius 1 is 1.47 bits per heavy atom. The maximum absolute atomic E-state index is 12.6. The number of benzene rings is 1. The first kappa shape index (κ1) is 14.0. The summed E-state index contributed by atoms with van der Waals surface area (Å²) in [6.45, 7) is 4.57. The molecule has 1 amide bonds. The van der Waals surface area contributed by atoms with Gasteiger partial charge in [-0.05, 0) is 54.1 Å². The molecule has 0 saturated carbocycles. The Kier molecular flexibility index (Phi) is 4.24. The predicted octanol–water partition coefficient (Wildman–Crippen LogP) is 3.00. The van der Waals surface area contributed by atoms with Crippen molar-refractivity contribution in [1.29, 1.82) is 0 Å². The second kappa shape index (κ2) is 5.73. The van der Waals surface area contributed by atoms with E-state index in [1.54, 1.807) is 15.8 Å². The van der Waals surface area contributed by atoms with Crippen molar-refractivity contribution in [3.05, 3.63) is 45.3 Å². The zero-order chi connectivity index (χ0) is 14.0. The van der Waals surface area contributed by atoms with Crippen LogP contribution in [-0.4, -0.2) is 22.2 Å². The van der Waals surface area contributed by atoms with E-state index in [2.05, 4.69) is 27.7 Å². The molecule has 4 nitrogen and oxygen atoms in total. The molecule has 0 radical (unpaired) electrons. The predicted molar refractivity (Wildman–Crippen MR) is 84.5 cm³/mol. The fraction of sp³-hybridized carbons (Fsp3) is 0.286. The summed E-state index contributed by atoms with van der Waals surface area (Å²) in [7, 11) is 1.85. The highest BCUT2D eigenvalue weighted by Crippen LogP contribution is 2.21. The average Bonchev–Trinajstić information content (AvgIpc) is 2.80. The Morgan fingerprint density at radius 2 is 2.21 bits per heavy atom. The van der Waals surface area contributed by atoms with E-state index < -0.39 is 0 Å². The van der Waals surface area contributed by atoms with Gasteiger partial charge in [0.05, 0.1) is 11.9 Å². The summed E-state index contributed by atoms with van der Waals surface area (Å²) in [4.78, 5) is 14.4. The van der Waals surface area contributed by atoms with Crippen molar-refractivity contribution in [2.75, 3.05) is 11.4 Å². The summed E-state index contributed by atoms with van der Waals surface area (Å²) < 4.78 is 2.80. The third kappa shape index (κ3) is 2.80. The van der Waals surface area contributed by atoms with Crippen molar-refractivity contribution >= 4 is 34.2 Å². The molecular formula is C14H16IN3O. The van der Waals surface area contributed by atoms with E-state index >= 15 is 0 Å². The lowest BCUT2D eigenvalue weighted by atomic mass is 10.1. The summed E-state index contributed by atoms with van der Waals surface area (Å²) in [5, 5.41) is 4.12. The van der Waals surface area contributed by atoms with Crippen LogP contribution in [0.1, 0.15) is 22.8 Å². The summed E-state index contributed by atoms with van der Waals surface area (Å²) in [6, 6.07) is 5.80. The normalized spacial score (nSPS) is 10.5. The van der Waals surface area contributed by atoms with Crippen LogP contribution in [0.4, 0.5) is 5.69 Å². The monoisotopic (exact) mass is 369 g/mol. The first-order chi connectivity index (χ1) is 9.04. The van der Waals surface area contributed by atoms with Crippen LogP contribution in [-0.2, 0) is 7.05 Å². The molecule has 0 aliphatic heterocycles. The van der Waals surface area contributed by atoms with Gasteiger partial charge in [0.2, 0.25) is 0 Å². The van der Waals surface area contributed by atoms with Crippen LogP contribution in [0.2, 0.25) is 0 Å². The number of amides is 1. The SMILES string of the molecule is CCN(C(=O)c1cccc(I)c1C)c1cnn(C)c1. The molecule has 0 fully saturated rings. The number of aryl methyl sites for hydroxylation is 1. The van der Waals surface area contributed by atoms with Crippen molar-refractivity contribution in [3.8, 4) is 0 Å². The first-order valence-electron chi connectivity index (χ1n) is 6.10. The number of halogens is 1. The minimum absolute atomic E-state index is 0.0199. The van der Waals surface area contributed by atoms with Gasteiger partial charge in [-0.25, -0.2) is 0 Å². The molecule has 2 rings (SSSR count). The molecule has 0 spiro atoms. The van der Waals surface area contributed by atoms with Crippen molar-refractivity contribution in [2.45, 2.75) is 13.8 Å². The van der Waals surface area contributed by atoms with E-state index in [0.717, 1.165) is 20.4 Å². The average molecular weight is 369 g/mol. The minimum Gasteiger partial charge on any atom is -0.306 e. The molecule has 19 heavy (non-hydrogen) atoms. The lowest BCUT2D eigenvalue weighted by molar-refractivity contribution is 0.0987. The number of nitrogens with zero attached hydrogens (tertiary/aromatic N) is 3. The second-order valence-electron chi connectivity index (χ2n) is 4.33. The highest BCUT2D eigenvalue weighted by molar-refractivity contribution is 14.1. The number of hydrogen-bond donors (Lipinski definition) is 0. The number of rotatable bonds is 3. The van der Waals surface area contributed by atoms with Gasteiger partial charge in [-0.2, -0.15) is 5.10 Å². The molecule has 0 N–H and O–H groups in total. The van der Waals surface area contributed by atoms with E-state index in [9.17, 15) is 4.79 Å². The summed E-state index contributed by atoms with van der Waals surface area (Å²) in [6.07, 6.45) is 3.56. The summed E-state index contributed by atoms with van der Waals surface area (Å²) in [5.74, 6) is 0.0199. The molecule has 0 bridgehead atoms. The van der Waals surface area contributed by atoms with E-state index in [-0.39, 0.29) is 5.91 Å². The standard InChI is InChI=1S/C14H16IN3O/c1-4-18(11-8-16-17(3)9-11)14(19)12-6-5-7-13(15)10(12)2/h5-9H,4H2,1-3H3. The van der Waals surface area contributed by atoms with Gasteiger partial charge < -0.3 is 4.90 Å². The van der Waals surface area contributed by atoms with Gasteiger partial charge in [-0.3, -0.25) is 9.48 Å². The molecule has 0 aliphatic carbocycles. The van der Waals surface area contributed by atoms with Crippen molar-refractivity contribution in [3.63, 3.8) is 0 Å². The van der Waals surface area contributed by atoms with Crippen LogP contribution in [0.5, 0.6) is 0 Å². The van der Waals surface area contributed by atoms with Crippen molar-refractivity contribution < 1.29 is 4.79 Å². The number of hydrogen-bond acceptors (Lipinski definition) is 2. The molecule has 0 unspecified atom stereocenters. The van der Waals surface area contributed by atoms with Crippen LogP contribution in [0, 0.1) is 10.5 Å². The van der Waals surface area contributed by atoms with Crippen LogP contribution >= 0.6 is 22.6 Å². The van der Waals surface area contributed by atoms with E-state index in [1.807, 2.05) is 45.3 Å². The van der Waals surface area contributed by atoms with Gasteiger partial charge in [0, 0.05) is 28.9 Å². The van der Waals surface area contributed by atoms with Crippen molar-refractivity contribution in [1.82, 2.24) is 9.78 Å². The Bertz CT molecular complexity index is 606. The smallest absolute Gasteiger partial charge is 0.258 e. The fourth-order valence-electron chi connectivity index (χ4n) is 1.98. The maximum atomic E-state index is 12.6. The van der Waals surface area contributed by atoms with Crippen LogP contribution < -0.4 is 4.90 Å². The summed E-state index contributed by atoms with van der Waals surface area (Å²) in [5.41, 5.74) is 2.60. The summed E-state index contributed by atoms with van der Waals surface area (Å²) >= 11 is 2.25. The van der Waals surface area contributed by atoms with Gasteiger partial charge in [-0.1, -0.05) is 6.07 Å². The number of carbonyl (C=O) groups excluding carboxylic acids is 1. The Labute approximate surface area is 126 Å². The molecule has 0 saturated heterocycles. The van der Waals surface area contributed by atoms with Gasteiger partial charge in [0.15, 0.2) is 0 Å². The van der Waals surface area contributed by atoms with Crippen LogP contribution in [0.15, 0.2) is 30.6 Å². The molecule has 1 heterocycles. The van der Waals surface area contributed by atoms with Gasteiger partial charge in [0.25, 0.3) is 5.91 Å². The number of aromatic nitrogens is 2. The fourth-order valence-corrected chi connectivity index (χ4v) is 2.47. The van der Waals surface area contributed by atoms with E-state index in [0.29, 0.717) is 6.54 Å². The highest BCUT2D eigenvalue weighted by atomic mass is 127. The molecule has 1 aromatic carbocycles. The number of carbonyl (C=O) groups is 1. The highest BCUT2D eigenvalue weighted by Gasteiger charge is 2.19. The largest absolute Gasteiger partial charge is 0.306 e. The molecule has 2 aromatic rings. The zero-order valence-corrected chi connectivity index (χ0v) is 13.4. The molecule has 0 aliphatic rings. The molecule has 5 heteroatoms. The van der Waals surface area contributed by atoms with Gasteiger partial charge in [-0.15, -0.1) is 0 Å². The Balaban J connectivity index is 2.39. The third-order valence-electron chi connectivity index (χ3n) is 3.06. The Hall–Kier alpha value is -1.37. The third-order valence-corrected chi connectivity index (χ3v) is 4.23. The van der Waals surface area contributed by atoms with Crippen molar-refractivity contribution in [2.24, 2.45) is 7.05 Å². The molecule has 1 aromatic heterocycles. The zero-order valence-electron chi connectivity index (χ0n) is 11.2. The van der Waals surface area contributed by atoms with Gasteiger partial charge in [0.1, 0.15) is 0 Å². The Morgan fingerprint density at radius 3 is 2.79 bits per heavy atom. The minimum atomic E-state index is 0.0199. The topological polar surface area (TPSA) is 38.1 Å². The molecule has 0 atom stereocenters. The first-order valence-corrected chi connectivity index (χ1v) is 7.18. The lowest BCUT2D eigenvalue weighted by Crippen LogP contribution is -2.31. The molecular weight excluding hydrogens is 353 g/mol. The van der Waals surface area contributed by atoms with E-state index in [4.69, 9.17) is 0 Å². The quantitative estimate of drug-likeness (QED) is 0.781. The molecule has 100 valence electrons. The second-order valence-corrected chi connectivity index (χ2v) is 5.50. The maximum Gasteiger partial charge on any atom is 0.258 e. The van der Waals surface area contributed by atoms with Crippen LogP contribution in [0.3, 0.4) is 0 Å².